The van der Waals surface area contributed by atoms with Crippen LogP contribution in [0.5, 0.6) is 0 Å². The molecule has 144 valence electrons. The van der Waals surface area contributed by atoms with E-state index in [9.17, 15) is 14.4 Å². The lowest BCUT2D eigenvalue weighted by Gasteiger charge is -2.24. The molecule has 2 aromatic rings. The normalized spacial score (nSPS) is 19.7. The summed E-state index contributed by atoms with van der Waals surface area (Å²) >= 11 is 1.05. The first-order valence-corrected chi connectivity index (χ1v) is 10.5. The number of benzene rings is 2. The Bertz CT molecular complexity index is 816. The summed E-state index contributed by atoms with van der Waals surface area (Å²) in [5.74, 6) is 0.125. The fourth-order valence-corrected chi connectivity index (χ4v) is 4.77. The maximum Gasteiger partial charge on any atom is 0.289 e. The Morgan fingerprint density at radius 1 is 1.00 bits per heavy atom. The predicted molar refractivity (Wildman–Crippen MR) is 109 cm³/mol. The Labute approximate surface area is 168 Å². The Balaban J connectivity index is 1.48. The van der Waals surface area contributed by atoms with E-state index in [1.165, 1.54) is 4.90 Å². The lowest BCUT2D eigenvalue weighted by atomic mass is 9.88. The maximum atomic E-state index is 13.1. The molecule has 6 heteroatoms. The second kappa shape index (κ2) is 8.19. The highest BCUT2D eigenvalue weighted by Crippen LogP contribution is 2.31. The molecule has 28 heavy (non-hydrogen) atoms. The number of amides is 3. The third-order valence-corrected chi connectivity index (χ3v) is 6.28. The minimum absolute atomic E-state index is 0.0143. The van der Waals surface area contributed by atoms with Crippen molar-refractivity contribution in [1.82, 2.24) is 9.80 Å². The molecule has 2 fully saturated rings. The number of rotatable bonds is 5. The monoisotopic (exact) mass is 394 g/mol. The van der Waals surface area contributed by atoms with E-state index in [-0.39, 0.29) is 34.8 Å². The summed E-state index contributed by atoms with van der Waals surface area (Å²) in [6.45, 7) is 1.02. The average Bonchev–Trinajstić information content (AvgIpc) is 3.33. The Morgan fingerprint density at radius 2 is 1.61 bits per heavy atom. The van der Waals surface area contributed by atoms with Gasteiger partial charge in [0.25, 0.3) is 5.24 Å². The summed E-state index contributed by atoms with van der Waals surface area (Å²) in [5, 5.41) is -0.184. The lowest BCUT2D eigenvalue weighted by Crippen LogP contribution is -2.41. The van der Waals surface area contributed by atoms with Crippen molar-refractivity contribution in [1.29, 1.82) is 0 Å². The summed E-state index contributed by atoms with van der Waals surface area (Å²) < 4.78 is 0. The van der Waals surface area contributed by atoms with E-state index >= 15 is 0 Å². The summed E-state index contributed by atoms with van der Waals surface area (Å²) in [6, 6.07) is 19.9. The molecular weight excluding hydrogens is 372 g/mol. The number of carbonyl (C=O) groups excluding carboxylic acids is 3. The fourth-order valence-electron chi connectivity index (χ4n) is 4.00. The van der Waals surface area contributed by atoms with Crippen LogP contribution in [-0.2, 0) is 9.59 Å². The zero-order chi connectivity index (χ0) is 19.5. The first-order valence-electron chi connectivity index (χ1n) is 9.50. The highest BCUT2D eigenvalue weighted by atomic mass is 32.2. The molecule has 1 atom stereocenters. The van der Waals surface area contributed by atoms with Crippen molar-refractivity contribution in [3.05, 3.63) is 71.8 Å². The third kappa shape index (κ3) is 3.83. The molecule has 2 heterocycles. The Hall–Kier alpha value is -2.60. The van der Waals surface area contributed by atoms with Gasteiger partial charge in [-0.15, -0.1) is 0 Å². The van der Waals surface area contributed by atoms with Crippen molar-refractivity contribution in [2.75, 3.05) is 18.8 Å². The van der Waals surface area contributed by atoms with Gasteiger partial charge in [-0.1, -0.05) is 72.4 Å². The van der Waals surface area contributed by atoms with Crippen LogP contribution in [-0.4, -0.2) is 51.7 Å². The summed E-state index contributed by atoms with van der Waals surface area (Å²) in [6.07, 6.45) is 1.03. The molecule has 4 rings (SSSR count). The van der Waals surface area contributed by atoms with Gasteiger partial charge in [0.15, 0.2) is 0 Å². The van der Waals surface area contributed by atoms with Crippen LogP contribution in [0.4, 0.5) is 4.79 Å². The Morgan fingerprint density at radius 3 is 2.14 bits per heavy atom. The van der Waals surface area contributed by atoms with Crippen molar-refractivity contribution in [2.45, 2.75) is 24.8 Å². The summed E-state index contributed by atoms with van der Waals surface area (Å²) in [7, 11) is 0. The largest absolute Gasteiger partial charge is 0.341 e. The van der Waals surface area contributed by atoms with Gasteiger partial charge >= 0.3 is 0 Å². The molecule has 0 aliphatic carbocycles. The van der Waals surface area contributed by atoms with Crippen molar-refractivity contribution in [3.8, 4) is 0 Å². The molecule has 0 radical (unpaired) electrons. The van der Waals surface area contributed by atoms with E-state index in [0.717, 1.165) is 22.9 Å². The minimum Gasteiger partial charge on any atom is -0.341 e. The molecule has 0 bridgehead atoms. The van der Waals surface area contributed by atoms with Gasteiger partial charge in [0.2, 0.25) is 11.8 Å². The number of carbonyl (C=O) groups is 3. The number of imide groups is 1. The van der Waals surface area contributed by atoms with Crippen LogP contribution in [0.3, 0.4) is 0 Å². The molecule has 0 spiro atoms. The number of likely N-dealkylation sites (tertiary alicyclic amines) is 1. The van der Waals surface area contributed by atoms with Crippen LogP contribution in [0, 0.1) is 0 Å². The van der Waals surface area contributed by atoms with Gasteiger partial charge in [-0.25, -0.2) is 0 Å². The van der Waals surface area contributed by atoms with Gasteiger partial charge in [-0.2, -0.15) is 0 Å². The topological polar surface area (TPSA) is 57.7 Å². The molecule has 2 aliphatic rings. The number of hydrogen-bond acceptors (Lipinski definition) is 4. The van der Waals surface area contributed by atoms with Crippen LogP contribution in [0.25, 0.3) is 0 Å². The fraction of sp³-hybridized carbons (Fsp3) is 0.318. The summed E-state index contributed by atoms with van der Waals surface area (Å²) in [5.41, 5.74) is 2.22. The van der Waals surface area contributed by atoms with Crippen LogP contribution in [0.1, 0.15) is 29.9 Å². The highest BCUT2D eigenvalue weighted by molar-refractivity contribution is 8.14. The van der Waals surface area contributed by atoms with E-state index in [4.69, 9.17) is 0 Å². The van der Waals surface area contributed by atoms with E-state index in [0.29, 0.717) is 25.9 Å². The molecule has 5 nitrogen and oxygen atoms in total. The lowest BCUT2D eigenvalue weighted by molar-refractivity contribution is -0.131. The molecular formula is C22H22N2O3S. The van der Waals surface area contributed by atoms with Crippen LogP contribution in [0.15, 0.2) is 60.7 Å². The van der Waals surface area contributed by atoms with Crippen molar-refractivity contribution in [2.24, 2.45) is 0 Å². The van der Waals surface area contributed by atoms with Crippen LogP contribution >= 0.6 is 11.8 Å². The van der Waals surface area contributed by atoms with Gasteiger partial charge in [-0.05, 0) is 17.5 Å². The van der Waals surface area contributed by atoms with Gasteiger partial charge in [0.1, 0.15) is 0 Å². The van der Waals surface area contributed by atoms with Crippen molar-refractivity contribution >= 4 is 28.8 Å². The molecule has 0 aromatic heterocycles. The smallest absolute Gasteiger partial charge is 0.289 e. The van der Waals surface area contributed by atoms with E-state index in [1.807, 2.05) is 36.4 Å². The van der Waals surface area contributed by atoms with E-state index < -0.39 is 0 Å². The second-order valence-corrected chi connectivity index (χ2v) is 8.11. The standard InChI is InChI=1S/C22H22N2O3S/c25-20(23-12-11-18(14-23)24-21(26)15-28-22(24)27)13-19(16-7-3-1-4-8-16)17-9-5-2-6-10-17/h1-10,18-19H,11-15H2. The van der Waals surface area contributed by atoms with E-state index in [2.05, 4.69) is 24.3 Å². The third-order valence-electron chi connectivity index (χ3n) is 5.45. The molecule has 0 saturated carbocycles. The van der Waals surface area contributed by atoms with Gasteiger partial charge < -0.3 is 4.90 Å². The number of nitrogens with zero attached hydrogens (tertiary/aromatic N) is 2. The number of hydrogen-bond donors (Lipinski definition) is 0. The zero-order valence-corrected chi connectivity index (χ0v) is 16.3. The minimum atomic E-state index is -0.189. The first kappa shape index (κ1) is 18.7. The molecule has 2 aromatic carbocycles. The molecule has 2 aliphatic heterocycles. The van der Waals surface area contributed by atoms with Crippen LogP contribution < -0.4 is 0 Å². The van der Waals surface area contributed by atoms with Crippen molar-refractivity contribution in [3.63, 3.8) is 0 Å². The van der Waals surface area contributed by atoms with Crippen LogP contribution in [0.2, 0.25) is 0 Å². The van der Waals surface area contributed by atoms with Gasteiger partial charge in [0.05, 0.1) is 11.8 Å². The van der Waals surface area contributed by atoms with Crippen molar-refractivity contribution < 1.29 is 14.4 Å². The first-order chi connectivity index (χ1) is 13.6. The molecule has 0 N–H and O–H groups in total. The van der Waals surface area contributed by atoms with E-state index in [1.54, 1.807) is 4.90 Å². The Kier molecular flexibility index (Phi) is 5.48. The highest BCUT2D eigenvalue weighted by Gasteiger charge is 2.40. The predicted octanol–water partition coefficient (Wildman–Crippen LogP) is 3.50. The molecule has 2 saturated heterocycles. The molecule has 1 unspecified atom stereocenters. The maximum absolute atomic E-state index is 13.1. The molecule has 3 amide bonds. The van der Waals surface area contributed by atoms with Gasteiger partial charge in [-0.3, -0.25) is 19.3 Å². The summed E-state index contributed by atoms with van der Waals surface area (Å²) in [4.78, 5) is 40.1. The SMILES string of the molecule is O=C(CC(c1ccccc1)c1ccccc1)N1CCC(N2C(=O)CSC2=O)C1. The second-order valence-electron chi connectivity index (χ2n) is 7.18. The average molecular weight is 394 g/mol. The quantitative estimate of drug-likeness (QED) is 0.779. The number of thioether (sulfide) groups is 1. The zero-order valence-electron chi connectivity index (χ0n) is 15.5. The van der Waals surface area contributed by atoms with Gasteiger partial charge in [0, 0.05) is 25.4 Å².